The molecule has 0 aliphatic heterocycles. The first-order chi connectivity index (χ1) is 4.70. The van der Waals surface area contributed by atoms with Crippen molar-refractivity contribution in [3.05, 3.63) is 0 Å². The maximum Gasteiger partial charge on any atom is 0.751 e. The predicted molar refractivity (Wildman–Crippen MR) is 36.5 cm³/mol. The van der Waals surface area contributed by atoms with Crippen molar-refractivity contribution in [2.24, 2.45) is 0 Å². The molecule has 0 aromatic carbocycles. The average molecular weight is 182 g/mol. The van der Waals surface area contributed by atoms with Gasteiger partial charge < -0.3 is 18.8 Å². The summed E-state index contributed by atoms with van der Waals surface area (Å²) in [4.78, 5) is 0. The molecule has 0 rings (SSSR count). The van der Waals surface area contributed by atoms with Crippen molar-refractivity contribution in [3.8, 4) is 0 Å². The van der Waals surface area contributed by atoms with Crippen LogP contribution in [0.1, 0.15) is 0 Å². The number of aliphatic hydroxyl groups excluding tert-OH is 2. The number of rotatable bonds is 5. The minimum Gasteiger partial charge on any atom is -0.560 e. The second-order valence-corrected chi connectivity index (χ2v) is 4.02. The summed E-state index contributed by atoms with van der Waals surface area (Å²) in [5, 5.41) is 16.9. The number of hydrogen-bond donors (Lipinski definition) is 2. The van der Waals surface area contributed by atoms with Gasteiger partial charge in [-0.05, 0) is 0 Å². The summed E-state index contributed by atoms with van der Waals surface area (Å²) >= 11 is 0. The molecule has 7 heteroatoms. The van der Waals surface area contributed by atoms with Gasteiger partial charge in [0.2, 0.25) is 0 Å². The van der Waals surface area contributed by atoms with Crippen LogP contribution in [-0.4, -0.2) is 49.2 Å². The molecule has 0 aliphatic rings. The third kappa shape index (κ3) is 4.62. The number of hydrogen-bond acceptors (Lipinski definition) is 5. The molecule has 1 atom stereocenters. The molecule has 5 nitrogen and oxygen atoms in total. The highest BCUT2D eigenvalue weighted by Gasteiger charge is 2.09. The zero-order valence-electron chi connectivity index (χ0n) is 5.61. The number of aliphatic hydroxyl groups is 2. The van der Waals surface area contributed by atoms with Gasteiger partial charge in [-0.1, -0.05) is 0 Å². The lowest BCUT2D eigenvalue weighted by atomic mass is 10.4. The monoisotopic (exact) mass is 182 g/mol. The van der Waals surface area contributed by atoms with E-state index >= 15 is 0 Å². The molecule has 0 aromatic rings. The SMILES string of the molecule is O=[Si](O[SiH3])OCC(O)CO. The summed E-state index contributed by atoms with van der Waals surface area (Å²) in [7, 11) is -2.05. The first-order valence-corrected chi connectivity index (χ1v) is 4.74. The highest BCUT2D eigenvalue weighted by atomic mass is 28.3. The van der Waals surface area contributed by atoms with Crippen LogP contribution in [0.25, 0.3) is 0 Å². The minimum absolute atomic E-state index is 0.142. The molecule has 10 heavy (non-hydrogen) atoms. The van der Waals surface area contributed by atoms with Gasteiger partial charge in [-0.15, -0.1) is 0 Å². The Hall–Kier alpha value is -0.246. The van der Waals surface area contributed by atoms with Gasteiger partial charge in [0.1, 0.15) is 12.7 Å². The van der Waals surface area contributed by atoms with Crippen LogP contribution in [0.5, 0.6) is 0 Å². The molecule has 0 amide bonds. The van der Waals surface area contributed by atoms with Crippen LogP contribution in [0.2, 0.25) is 0 Å². The molecule has 60 valence electrons. The molecule has 0 fully saturated rings. The van der Waals surface area contributed by atoms with E-state index in [1.807, 2.05) is 0 Å². The van der Waals surface area contributed by atoms with Crippen molar-refractivity contribution >= 4 is 19.7 Å². The van der Waals surface area contributed by atoms with Gasteiger partial charge in [-0.2, -0.15) is 0 Å². The lowest BCUT2D eigenvalue weighted by Crippen LogP contribution is -2.23. The lowest BCUT2D eigenvalue weighted by molar-refractivity contribution is 0.0446. The minimum atomic E-state index is -2.39. The molecular formula is C3H10O5Si2. The zero-order valence-corrected chi connectivity index (χ0v) is 8.61. The Morgan fingerprint density at radius 2 is 2.30 bits per heavy atom. The molecule has 0 heterocycles. The Balaban J connectivity index is 3.26. The zero-order chi connectivity index (χ0) is 7.98. The normalized spacial score (nSPS) is 12.6. The molecule has 0 bridgehead atoms. The van der Waals surface area contributed by atoms with E-state index in [4.69, 9.17) is 10.2 Å². The van der Waals surface area contributed by atoms with E-state index in [1.165, 1.54) is 0 Å². The Labute approximate surface area is 63.0 Å². The largest absolute Gasteiger partial charge is 0.751 e. The Morgan fingerprint density at radius 3 is 2.70 bits per heavy atom. The first-order valence-electron chi connectivity index (χ1n) is 2.70. The van der Waals surface area contributed by atoms with Crippen molar-refractivity contribution in [2.45, 2.75) is 6.10 Å². The highest BCUT2D eigenvalue weighted by Crippen LogP contribution is 1.83. The molecule has 0 saturated carbocycles. The second-order valence-electron chi connectivity index (χ2n) is 1.60. The molecule has 0 saturated heterocycles. The summed E-state index contributed by atoms with van der Waals surface area (Å²) in [5.41, 5.74) is 0. The van der Waals surface area contributed by atoms with Crippen molar-refractivity contribution in [3.63, 3.8) is 0 Å². The van der Waals surface area contributed by atoms with Crippen molar-refractivity contribution in [1.29, 1.82) is 0 Å². The summed E-state index contributed by atoms with van der Waals surface area (Å²) in [6.45, 7) is -0.535. The van der Waals surface area contributed by atoms with Crippen LogP contribution < -0.4 is 0 Å². The Morgan fingerprint density at radius 1 is 1.70 bits per heavy atom. The molecule has 0 aliphatic carbocycles. The highest BCUT2D eigenvalue weighted by molar-refractivity contribution is 6.33. The van der Waals surface area contributed by atoms with Gasteiger partial charge in [-0.25, -0.2) is 0 Å². The topological polar surface area (TPSA) is 76.0 Å². The van der Waals surface area contributed by atoms with Crippen molar-refractivity contribution in [2.75, 3.05) is 13.2 Å². The fourth-order valence-corrected chi connectivity index (χ4v) is 1.08. The molecular weight excluding hydrogens is 172 g/mol. The van der Waals surface area contributed by atoms with Crippen LogP contribution in [0.3, 0.4) is 0 Å². The third-order valence-corrected chi connectivity index (χ3v) is 2.51. The maximum absolute atomic E-state index is 10.4. The van der Waals surface area contributed by atoms with E-state index in [0.717, 1.165) is 0 Å². The van der Waals surface area contributed by atoms with E-state index in [0.29, 0.717) is 10.5 Å². The van der Waals surface area contributed by atoms with Crippen LogP contribution in [-0.2, 0) is 13.0 Å². The second kappa shape index (κ2) is 5.53. The fourth-order valence-electron chi connectivity index (χ4n) is 0.276. The van der Waals surface area contributed by atoms with Crippen molar-refractivity contribution in [1.82, 2.24) is 0 Å². The predicted octanol–water partition coefficient (Wildman–Crippen LogP) is -2.93. The third-order valence-electron chi connectivity index (χ3n) is 0.771. The fraction of sp³-hybridized carbons (Fsp3) is 1.00. The van der Waals surface area contributed by atoms with E-state index < -0.39 is 21.9 Å². The van der Waals surface area contributed by atoms with E-state index in [9.17, 15) is 4.46 Å². The molecule has 1 unspecified atom stereocenters. The first kappa shape index (κ1) is 9.75. The van der Waals surface area contributed by atoms with Crippen LogP contribution in [0, 0.1) is 0 Å². The summed E-state index contributed by atoms with van der Waals surface area (Å²) in [6, 6.07) is 0. The van der Waals surface area contributed by atoms with Gasteiger partial charge in [-0.3, -0.25) is 4.46 Å². The summed E-state index contributed by atoms with van der Waals surface area (Å²) in [5.74, 6) is 0. The lowest BCUT2D eigenvalue weighted by Gasteiger charge is -2.06. The quantitative estimate of drug-likeness (QED) is 0.445. The average Bonchev–Trinajstić information content (AvgIpc) is 1.99. The van der Waals surface area contributed by atoms with Gasteiger partial charge in [0, 0.05) is 0 Å². The van der Waals surface area contributed by atoms with E-state index in [2.05, 4.69) is 8.54 Å². The van der Waals surface area contributed by atoms with Gasteiger partial charge in [0.25, 0.3) is 0 Å². The van der Waals surface area contributed by atoms with Crippen LogP contribution >= 0.6 is 0 Å². The molecule has 0 aromatic heterocycles. The maximum atomic E-state index is 10.4. The summed E-state index contributed by atoms with van der Waals surface area (Å²) in [6.07, 6.45) is -0.967. The van der Waals surface area contributed by atoms with Gasteiger partial charge in [0.15, 0.2) is 10.5 Å². The van der Waals surface area contributed by atoms with Gasteiger partial charge in [0.05, 0.1) is 6.61 Å². The molecule has 0 radical (unpaired) electrons. The Kier molecular flexibility index (Phi) is 5.40. The van der Waals surface area contributed by atoms with Crippen molar-refractivity contribution < 1.29 is 23.2 Å². The smallest absolute Gasteiger partial charge is 0.560 e. The summed E-state index contributed by atoms with van der Waals surface area (Å²) < 4.78 is 19.3. The van der Waals surface area contributed by atoms with E-state index in [-0.39, 0.29) is 6.61 Å². The van der Waals surface area contributed by atoms with E-state index in [1.54, 1.807) is 0 Å². The van der Waals surface area contributed by atoms with Crippen LogP contribution in [0.15, 0.2) is 0 Å². The molecule has 0 spiro atoms. The standard InChI is InChI=1S/C3H10O5Si2/c4-1-3(5)2-7-10(6)8-9/h3-5H,1-2H2,9H3. The molecule has 2 N–H and O–H groups in total. The van der Waals surface area contributed by atoms with Gasteiger partial charge >= 0.3 is 9.17 Å². The van der Waals surface area contributed by atoms with Crippen LogP contribution in [0.4, 0.5) is 0 Å². The Bertz CT molecular complexity index is 107.